The predicted octanol–water partition coefficient (Wildman–Crippen LogP) is 2.47. The van der Waals surface area contributed by atoms with Crippen LogP contribution in [0.2, 0.25) is 0 Å². The van der Waals surface area contributed by atoms with Gasteiger partial charge in [0.25, 0.3) is 5.91 Å². The van der Waals surface area contributed by atoms with E-state index in [2.05, 4.69) is 29.3 Å². The topological polar surface area (TPSA) is 71.5 Å². The molecule has 3 unspecified atom stereocenters. The first-order valence-corrected chi connectivity index (χ1v) is 11.3. The van der Waals surface area contributed by atoms with Gasteiger partial charge < -0.3 is 4.90 Å². The summed E-state index contributed by atoms with van der Waals surface area (Å²) >= 11 is 0. The number of imide groups is 1. The Balaban J connectivity index is 1.44. The van der Waals surface area contributed by atoms with Gasteiger partial charge in [-0.05, 0) is 43.0 Å². The number of aryl methyl sites for hydroxylation is 2. The summed E-state index contributed by atoms with van der Waals surface area (Å²) in [6.45, 7) is 7.56. The molecule has 3 aliphatic heterocycles. The predicted molar refractivity (Wildman–Crippen MR) is 126 cm³/mol. The van der Waals surface area contributed by atoms with E-state index in [1.54, 1.807) is 11.9 Å². The number of likely N-dealkylation sites (N-methyl/N-ethyl adjacent to an activating group) is 1. The van der Waals surface area contributed by atoms with Gasteiger partial charge in [0.05, 0.1) is 13.1 Å². The number of amides is 3. The van der Waals surface area contributed by atoms with Crippen molar-refractivity contribution in [3.05, 3.63) is 70.8 Å². The standard InChI is InChI=1S/C25H30N6O2/c1-16-9-5-7-11-19(16)14-30-23(32)21-22(28(4)25(30)33)26-24-29(21)13-18(3)27-31(24)15-20-12-8-6-10-17(20)2/h5-12,21-22,24,26H,13-15H2,1-4H3. The molecule has 2 fully saturated rings. The number of nitrogens with zero attached hydrogens (tertiary/aromatic N) is 5. The van der Waals surface area contributed by atoms with Crippen molar-refractivity contribution in [2.24, 2.45) is 5.10 Å². The summed E-state index contributed by atoms with van der Waals surface area (Å²) in [4.78, 5) is 32.1. The maximum Gasteiger partial charge on any atom is 0.328 e. The molecule has 2 aromatic carbocycles. The Hall–Kier alpha value is -3.23. The minimum Gasteiger partial charge on any atom is -0.310 e. The average Bonchev–Trinajstić information content (AvgIpc) is 3.18. The highest BCUT2D eigenvalue weighted by Gasteiger charge is 2.56. The van der Waals surface area contributed by atoms with E-state index in [0.29, 0.717) is 13.1 Å². The highest BCUT2D eigenvalue weighted by molar-refractivity contribution is 6.01. The summed E-state index contributed by atoms with van der Waals surface area (Å²) in [5, 5.41) is 10.3. The van der Waals surface area contributed by atoms with Crippen molar-refractivity contribution >= 4 is 17.6 Å². The molecule has 1 N–H and O–H groups in total. The molecule has 2 saturated heterocycles. The van der Waals surface area contributed by atoms with Gasteiger partial charge in [0, 0.05) is 19.3 Å². The molecule has 8 heteroatoms. The molecule has 0 aliphatic carbocycles. The number of urea groups is 1. The fraction of sp³-hybridized carbons (Fsp3) is 0.400. The number of rotatable bonds is 4. The molecule has 172 valence electrons. The van der Waals surface area contributed by atoms with Crippen LogP contribution >= 0.6 is 0 Å². The number of benzene rings is 2. The summed E-state index contributed by atoms with van der Waals surface area (Å²) in [6, 6.07) is 15.4. The largest absolute Gasteiger partial charge is 0.328 e. The Labute approximate surface area is 194 Å². The van der Waals surface area contributed by atoms with Crippen LogP contribution in [-0.4, -0.2) is 69.4 Å². The van der Waals surface area contributed by atoms with Crippen LogP contribution in [0.1, 0.15) is 29.2 Å². The number of carbonyl (C=O) groups excluding carboxylic acids is 2. The Morgan fingerprint density at radius 2 is 1.55 bits per heavy atom. The second-order valence-electron chi connectivity index (χ2n) is 9.21. The summed E-state index contributed by atoms with van der Waals surface area (Å²) in [7, 11) is 1.77. The summed E-state index contributed by atoms with van der Waals surface area (Å²) < 4.78 is 0. The second kappa shape index (κ2) is 8.28. The number of hydrogen-bond donors (Lipinski definition) is 1. The van der Waals surface area contributed by atoms with E-state index in [1.165, 1.54) is 16.0 Å². The van der Waals surface area contributed by atoms with Gasteiger partial charge in [-0.25, -0.2) is 9.69 Å². The van der Waals surface area contributed by atoms with Crippen LogP contribution in [0.4, 0.5) is 4.79 Å². The zero-order valence-electron chi connectivity index (χ0n) is 19.5. The van der Waals surface area contributed by atoms with Crippen LogP contribution in [-0.2, 0) is 17.9 Å². The van der Waals surface area contributed by atoms with Crippen LogP contribution in [0.5, 0.6) is 0 Å². The molecule has 3 heterocycles. The van der Waals surface area contributed by atoms with E-state index in [4.69, 9.17) is 5.10 Å². The first-order valence-electron chi connectivity index (χ1n) is 11.3. The summed E-state index contributed by atoms with van der Waals surface area (Å²) in [5.41, 5.74) is 5.37. The minimum atomic E-state index is -0.466. The molecule has 3 amide bonds. The number of hydrogen-bond acceptors (Lipinski definition) is 6. The normalized spacial score (nSPS) is 25.3. The van der Waals surface area contributed by atoms with Crippen LogP contribution in [0.25, 0.3) is 0 Å². The molecule has 0 bridgehead atoms. The molecule has 0 radical (unpaired) electrons. The highest BCUT2D eigenvalue weighted by atomic mass is 16.2. The van der Waals surface area contributed by atoms with Crippen molar-refractivity contribution in [2.45, 2.75) is 52.4 Å². The van der Waals surface area contributed by atoms with Crippen LogP contribution in [0.15, 0.2) is 53.6 Å². The molecule has 2 aromatic rings. The lowest BCUT2D eigenvalue weighted by atomic mass is 10.1. The van der Waals surface area contributed by atoms with E-state index in [0.717, 1.165) is 16.8 Å². The van der Waals surface area contributed by atoms with Gasteiger partial charge in [0.1, 0.15) is 12.2 Å². The zero-order chi connectivity index (χ0) is 23.3. The minimum absolute atomic E-state index is 0.160. The van der Waals surface area contributed by atoms with Gasteiger partial charge in [-0.3, -0.25) is 20.0 Å². The molecule has 33 heavy (non-hydrogen) atoms. The Kier molecular flexibility index (Phi) is 5.42. The quantitative estimate of drug-likeness (QED) is 0.781. The van der Waals surface area contributed by atoms with Crippen molar-refractivity contribution in [1.82, 2.24) is 25.0 Å². The van der Waals surface area contributed by atoms with Gasteiger partial charge in [-0.2, -0.15) is 5.10 Å². The summed E-state index contributed by atoms with van der Waals surface area (Å²) in [5.74, 6) is -0.160. The molecule has 0 aromatic heterocycles. The van der Waals surface area contributed by atoms with Crippen LogP contribution < -0.4 is 5.32 Å². The van der Waals surface area contributed by atoms with Gasteiger partial charge in [-0.1, -0.05) is 48.5 Å². The Morgan fingerprint density at radius 3 is 2.18 bits per heavy atom. The first-order chi connectivity index (χ1) is 15.8. The van der Waals surface area contributed by atoms with Gasteiger partial charge >= 0.3 is 6.03 Å². The second-order valence-corrected chi connectivity index (χ2v) is 9.21. The van der Waals surface area contributed by atoms with Gasteiger partial charge in [0.15, 0.2) is 6.29 Å². The van der Waals surface area contributed by atoms with Crippen LogP contribution in [0.3, 0.4) is 0 Å². The fourth-order valence-corrected chi connectivity index (χ4v) is 5.04. The molecule has 3 atom stereocenters. The van der Waals surface area contributed by atoms with E-state index in [1.807, 2.05) is 55.3 Å². The first kappa shape index (κ1) is 21.6. The van der Waals surface area contributed by atoms with Crippen molar-refractivity contribution in [3.8, 4) is 0 Å². The molecular weight excluding hydrogens is 416 g/mol. The number of nitrogens with one attached hydrogen (secondary N) is 1. The number of hydrazone groups is 1. The molecule has 0 spiro atoms. The maximum atomic E-state index is 13.7. The van der Waals surface area contributed by atoms with Crippen molar-refractivity contribution in [1.29, 1.82) is 0 Å². The van der Waals surface area contributed by atoms with E-state index < -0.39 is 12.2 Å². The van der Waals surface area contributed by atoms with Gasteiger partial charge in [0.2, 0.25) is 0 Å². The number of carbonyl (C=O) groups is 2. The maximum absolute atomic E-state index is 13.7. The van der Waals surface area contributed by atoms with Crippen molar-refractivity contribution in [3.63, 3.8) is 0 Å². The third-order valence-electron chi connectivity index (χ3n) is 6.94. The molecular formula is C25H30N6O2. The third-order valence-corrected chi connectivity index (χ3v) is 6.94. The Morgan fingerprint density at radius 1 is 0.939 bits per heavy atom. The van der Waals surface area contributed by atoms with Crippen molar-refractivity contribution < 1.29 is 9.59 Å². The lowest BCUT2D eigenvalue weighted by molar-refractivity contribution is -0.139. The van der Waals surface area contributed by atoms with E-state index >= 15 is 0 Å². The SMILES string of the molecule is CC1=NN(Cc2ccccc2C)C2NC3C(C(=O)N(Cc4ccccc4C)C(=O)N3C)N2C1. The van der Waals surface area contributed by atoms with Crippen molar-refractivity contribution in [2.75, 3.05) is 13.6 Å². The van der Waals surface area contributed by atoms with Crippen LogP contribution in [0, 0.1) is 13.8 Å². The zero-order valence-corrected chi connectivity index (χ0v) is 19.5. The highest BCUT2D eigenvalue weighted by Crippen LogP contribution is 2.32. The lowest BCUT2D eigenvalue weighted by Crippen LogP contribution is -2.66. The number of fused-ring (bicyclic) bond motifs is 3. The fourth-order valence-electron chi connectivity index (χ4n) is 5.04. The molecule has 3 aliphatic rings. The molecule has 8 nitrogen and oxygen atoms in total. The monoisotopic (exact) mass is 446 g/mol. The van der Waals surface area contributed by atoms with E-state index in [-0.39, 0.29) is 24.8 Å². The smallest absolute Gasteiger partial charge is 0.310 e. The third kappa shape index (κ3) is 3.69. The molecule has 5 rings (SSSR count). The average molecular weight is 447 g/mol. The van der Waals surface area contributed by atoms with E-state index in [9.17, 15) is 9.59 Å². The summed E-state index contributed by atoms with van der Waals surface area (Å²) in [6.07, 6.45) is -0.662. The lowest BCUT2D eigenvalue weighted by Gasteiger charge is -2.42. The van der Waals surface area contributed by atoms with Gasteiger partial charge in [-0.15, -0.1) is 0 Å². The Bertz CT molecular complexity index is 1130. The molecule has 0 saturated carbocycles.